The van der Waals surface area contributed by atoms with Gasteiger partial charge >= 0.3 is 0 Å². The number of rotatable bonds is 5. The number of hydrogen-bond donors (Lipinski definition) is 0. The molecule has 1 rings (SSSR count). The molecule has 0 saturated carbocycles. The normalized spacial score (nSPS) is 12.1. The molecule has 0 fully saturated rings. The van der Waals surface area contributed by atoms with Crippen LogP contribution in [0.1, 0.15) is 26.7 Å². The van der Waals surface area contributed by atoms with E-state index in [1.54, 1.807) is 0 Å². The van der Waals surface area contributed by atoms with Crippen LogP contribution >= 0.6 is 23.6 Å². The molecule has 0 aliphatic carbocycles. The predicted molar refractivity (Wildman–Crippen MR) is 63.5 cm³/mol. The molecule has 0 saturated heterocycles. The highest BCUT2D eigenvalue weighted by Gasteiger charge is 2.24. The van der Waals surface area contributed by atoms with Gasteiger partial charge in [-0.1, -0.05) is 6.07 Å². The number of nitrogens with zero attached hydrogens (tertiary/aromatic N) is 2. The summed E-state index contributed by atoms with van der Waals surface area (Å²) >= 11 is 11.5. The minimum Gasteiger partial charge on any atom is -0.205 e. The quantitative estimate of drug-likeness (QED) is 0.573. The van der Waals surface area contributed by atoms with Crippen LogP contribution in [-0.4, -0.2) is 9.48 Å². The average molecular weight is 248 g/mol. The summed E-state index contributed by atoms with van der Waals surface area (Å²) in [6, 6.07) is 6.07. The molecular formula is C11H17Cl2N2+. The Morgan fingerprint density at radius 1 is 1.13 bits per heavy atom. The van der Waals surface area contributed by atoms with Crippen molar-refractivity contribution in [3.8, 4) is 0 Å². The minimum atomic E-state index is -0.168. The second-order valence-electron chi connectivity index (χ2n) is 4.26. The van der Waals surface area contributed by atoms with Gasteiger partial charge < -0.3 is 0 Å². The molecule has 1 aromatic rings. The molecule has 1 heterocycles. The SMILES string of the molecule is CC(C)(CCC[n+]1ccccc1)N(Cl)Cl. The first-order valence-corrected chi connectivity index (χ1v) is 5.76. The zero-order valence-corrected chi connectivity index (χ0v) is 10.7. The average Bonchev–Trinajstić information content (AvgIpc) is 2.19. The Hall–Kier alpha value is -0.310. The molecule has 0 aliphatic rings. The maximum Gasteiger partial charge on any atom is 0.168 e. The topological polar surface area (TPSA) is 7.12 Å². The Kier molecular flexibility index (Phi) is 4.84. The molecule has 0 unspecified atom stereocenters. The van der Waals surface area contributed by atoms with Gasteiger partial charge in [0.15, 0.2) is 12.4 Å². The van der Waals surface area contributed by atoms with Crippen molar-refractivity contribution in [1.29, 1.82) is 0 Å². The molecule has 0 N–H and O–H groups in total. The fourth-order valence-electron chi connectivity index (χ4n) is 1.36. The molecule has 0 atom stereocenters. The van der Waals surface area contributed by atoms with Gasteiger partial charge in [0.2, 0.25) is 0 Å². The molecule has 15 heavy (non-hydrogen) atoms. The van der Waals surface area contributed by atoms with Crippen LogP contribution in [0.5, 0.6) is 0 Å². The Bertz CT molecular complexity index is 286. The summed E-state index contributed by atoms with van der Waals surface area (Å²) in [5.74, 6) is 0. The molecule has 0 radical (unpaired) electrons. The summed E-state index contributed by atoms with van der Waals surface area (Å²) < 4.78 is 3.39. The van der Waals surface area contributed by atoms with Crippen LogP contribution in [0, 0.1) is 0 Å². The van der Waals surface area contributed by atoms with Crippen molar-refractivity contribution >= 4 is 23.6 Å². The highest BCUT2D eigenvalue weighted by atomic mass is 35.5. The van der Waals surface area contributed by atoms with Crippen LogP contribution in [0.25, 0.3) is 0 Å². The van der Waals surface area contributed by atoms with E-state index in [0.717, 1.165) is 19.4 Å². The van der Waals surface area contributed by atoms with Crippen molar-refractivity contribution in [2.75, 3.05) is 0 Å². The maximum atomic E-state index is 5.74. The van der Waals surface area contributed by atoms with Crippen LogP contribution in [0.4, 0.5) is 0 Å². The lowest BCUT2D eigenvalue weighted by Crippen LogP contribution is -2.36. The molecular weight excluding hydrogens is 231 g/mol. The molecule has 0 aromatic carbocycles. The Morgan fingerprint density at radius 2 is 1.73 bits per heavy atom. The van der Waals surface area contributed by atoms with Crippen molar-refractivity contribution in [2.24, 2.45) is 0 Å². The van der Waals surface area contributed by atoms with Crippen molar-refractivity contribution in [2.45, 2.75) is 38.8 Å². The molecule has 0 bridgehead atoms. The second kappa shape index (κ2) is 5.69. The predicted octanol–water partition coefficient (Wildman–Crippen LogP) is 3.14. The highest BCUT2D eigenvalue weighted by molar-refractivity contribution is 6.34. The molecule has 0 aliphatic heterocycles. The van der Waals surface area contributed by atoms with Crippen molar-refractivity contribution < 1.29 is 4.57 Å². The largest absolute Gasteiger partial charge is 0.205 e. The molecule has 0 spiro atoms. The second-order valence-corrected chi connectivity index (χ2v) is 5.11. The maximum absolute atomic E-state index is 5.74. The first-order chi connectivity index (χ1) is 7.02. The van der Waals surface area contributed by atoms with Gasteiger partial charge in [-0.2, -0.15) is 0 Å². The van der Waals surface area contributed by atoms with Crippen LogP contribution in [0.15, 0.2) is 30.6 Å². The van der Waals surface area contributed by atoms with E-state index >= 15 is 0 Å². The zero-order chi connectivity index (χ0) is 11.3. The minimum absolute atomic E-state index is 0.168. The van der Waals surface area contributed by atoms with Crippen LogP contribution in [0.2, 0.25) is 0 Å². The van der Waals surface area contributed by atoms with Gasteiger partial charge in [-0.15, -0.1) is 3.94 Å². The molecule has 1 aromatic heterocycles. The van der Waals surface area contributed by atoms with Crippen molar-refractivity contribution in [1.82, 2.24) is 3.94 Å². The van der Waals surface area contributed by atoms with Gasteiger partial charge in [-0.25, -0.2) is 4.57 Å². The third kappa shape index (κ3) is 4.37. The van der Waals surface area contributed by atoms with Crippen LogP contribution < -0.4 is 4.57 Å². The van der Waals surface area contributed by atoms with E-state index in [-0.39, 0.29) is 5.54 Å². The van der Waals surface area contributed by atoms with Crippen LogP contribution in [-0.2, 0) is 6.54 Å². The summed E-state index contributed by atoms with van der Waals surface area (Å²) in [4.78, 5) is 0. The molecule has 2 nitrogen and oxygen atoms in total. The van der Waals surface area contributed by atoms with Gasteiger partial charge in [-0.3, -0.25) is 0 Å². The lowest BCUT2D eigenvalue weighted by Gasteiger charge is -2.26. The number of aromatic nitrogens is 1. The van der Waals surface area contributed by atoms with Gasteiger partial charge in [-0.05, 0) is 43.8 Å². The Labute approximate surface area is 102 Å². The van der Waals surface area contributed by atoms with Gasteiger partial charge in [0.1, 0.15) is 6.54 Å². The van der Waals surface area contributed by atoms with E-state index in [0.29, 0.717) is 0 Å². The Morgan fingerprint density at radius 3 is 2.27 bits per heavy atom. The molecule has 4 heteroatoms. The van der Waals surface area contributed by atoms with E-state index in [1.807, 2.05) is 32.0 Å². The highest BCUT2D eigenvalue weighted by Crippen LogP contribution is 2.24. The van der Waals surface area contributed by atoms with Crippen LogP contribution in [0.3, 0.4) is 0 Å². The fraction of sp³-hybridized carbons (Fsp3) is 0.545. The van der Waals surface area contributed by atoms with Crippen molar-refractivity contribution in [3.63, 3.8) is 0 Å². The number of pyridine rings is 1. The van der Waals surface area contributed by atoms with E-state index in [1.165, 1.54) is 3.94 Å². The third-order valence-corrected chi connectivity index (χ3v) is 3.35. The standard InChI is InChI=1S/C11H17Cl2N2/c1-11(2,15(12)13)7-6-10-14-8-4-3-5-9-14/h3-5,8-9H,6-7,10H2,1-2H3/q+1. The number of aryl methyl sites for hydroxylation is 1. The van der Waals surface area contributed by atoms with Gasteiger partial charge in [0.05, 0.1) is 0 Å². The summed E-state index contributed by atoms with van der Waals surface area (Å²) in [5, 5.41) is 0. The number of hydrogen-bond acceptors (Lipinski definition) is 1. The van der Waals surface area contributed by atoms with E-state index in [4.69, 9.17) is 23.6 Å². The summed E-state index contributed by atoms with van der Waals surface area (Å²) in [6.07, 6.45) is 6.14. The first-order valence-electron chi connectivity index (χ1n) is 5.08. The number of halogens is 2. The summed E-state index contributed by atoms with van der Waals surface area (Å²) in [7, 11) is 0. The summed E-state index contributed by atoms with van der Waals surface area (Å²) in [5.41, 5.74) is -0.168. The van der Waals surface area contributed by atoms with E-state index < -0.39 is 0 Å². The zero-order valence-electron chi connectivity index (χ0n) is 9.16. The van der Waals surface area contributed by atoms with Gasteiger partial charge in [0, 0.05) is 24.1 Å². The van der Waals surface area contributed by atoms with Crippen molar-refractivity contribution in [3.05, 3.63) is 30.6 Å². The van der Waals surface area contributed by atoms with E-state index in [9.17, 15) is 0 Å². The molecule has 84 valence electrons. The van der Waals surface area contributed by atoms with E-state index in [2.05, 4.69) is 17.0 Å². The first kappa shape index (κ1) is 12.8. The summed E-state index contributed by atoms with van der Waals surface area (Å²) in [6.45, 7) is 5.05. The fourth-order valence-corrected chi connectivity index (χ4v) is 1.53. The third-order valence-electron chi connectivity index (χ3n) is 2.44. The Balaban J connectivity index is 2.34. The monoisotopic (exact) mass is 247 g/mol. The smallest absolute Gasteiger partial charge is 0.168 e. The molecule has 0 amide bonds. The van der Waals surface area contributed by atoms with Gasteiger partial charge in [0.25, 0.3) is 0 Å². The lowest BCUT2D eigenvalue weighted by molar-refractivity contribution is -0.697. The lowest BCUT2D eigenvalue weighted by atomic mass is 10.00.